The molecule has 1 saturated heterocycles. The highest BCUT2D eigenvalue weighted by Gasteiger charge is 2.30. The highest BCUT2D eigenvalue weighted by atomic mass is 19.4. The zero-order valence-corrected chi connectivity index (χ0v) is 12.2. The molecule has 1 amide bonds. The quantitative estimate of drug-likeness (QED) is 0.943. The Morgan fingerprint density at radius 3 is 2.65 bits per heavy atom. The van der Waals surface area contributed by atoms with Gasteiger partial charge in [0, 0.05) is 18.5 Å². The van der Waals surface area contributed by atoms with Gasteiger partial charge in [0.2, 0.25) is 5.91 Å². The SMILES string of the molecule is O=C(CNc1ncnc2ccc(C(F)(F)F)cc12)N1CCCC1. The van der Waals surface area contributed by atoms with Crippen LogP contribution < -0.4 is 5.32 Å². The topological polar surface area (TPSA) is 58.1 Å². The summed E-state index contributed by atoms with van der Waals surface area (Å²) in [5.41, 5.74) is -0.377. The lowest BCUT2D eigenvalue weighted by atomic mass is 10.1. The third kappa shape index (κ3) is 3.35. The van der Waals surface area contributed by atoms with Crippen molar-refractivity contribution in [3.63, 3.8) is 0 Å². The Morgan fingerprint density at radius 1 is 1.22 bits per heavy atom. The molecule has 0 bridgehead atoms. The van der Waals surface area contributed by atoms with Gasteiger partial charge in [0.25, 0.3) is 0 Å². The second-order valence-electron chi connectivity index (χ2n) is 5.39. The monoisotopic (exact) mass is 324 g/mol. The molecule has 0 unspecified atom stereocenters. The average Bonchev–Trinajstić information content (AvgIpc) is 3.05. The molecule has 2 heterocycles. The van der Waals surface area contributed by atoms with Crippen molar-refractivity contribution < 1.29 is 18.0 Å². The van der Waals surface area contributed by atoms with E-state index in [2.05, 4.69) is 15.3 Å². The predicted octanol–water partition coefficient (Wildman–Crippen LogP) is 2.68. The maximum atomic E-state index is 12.8. The normalized spacial score (nSPS) is 15.2. The summed E-state index contributed by atoms with van der Waals surface area (Å²) >= 11 is 0. The van der Waals surface area contributed by atoms with Crippen LogP contribution in [0.2, 0.25) is 0 Å². The number of nitrogens with one attached hydrogen (secondary N) is 1. The molecule has 23 heavy (non-hydrogen) atoms. The number of carbonyl (C=O) groups excluding carboxylic acids is 1. The lowest BCUT2D eigenvalue weighted by Crippen LogP contribution is -2.33. The van der Waals surface area contributed by atoms with Crippen LogP contribution in [0, 0.1) is 0 Å². The van der Waals surface area contributed by atoms with E-state index in [0.717, 1.165) is 38.1 Å². The molecule has 1 aromatic heterocycles. The molecular weight excluding hydrogens is 309 g/mol. The molecule has 122 valence electrons. The first-order valence-corrected chi connectivity index (χ1v) is 7.29. The van der Waals surface area contributed by atoms with Gasteiger partial charge in [0.1, 0.15) is 12.1 Å². The highest BCUT2D eigenvalue weighted by molar-refractivity contribution is 5.91. The predicted molar refractivity (Wildman–Crippen MR) is 78.8 cm³/mol. The third-order valence-corrected chi connectivity index (χ3v) is 3.83. The standard InChI is InChI=1S/C15H15F3N4O/c16-15(17,18)10-3-4-12-11(7-10)14(21-9-20-12)19-8-13(23)22-5-1-2-6-22/h3-4,7,9H,1-2,5-6,8H2,(H,19,20,21). The van der Waals surface area contributed by atoms with Gasteiger partial charge in [-0.1, -0.05) is 0 Å². The molecule has 0 aliphatic carbocycles. The van der Waals surface area contributed by atoms with Crippen molar-refractivity contribution in [2.45, 2.75) is 19.0 Å². The molecule has 1 aliphatic rings. The van der Waals surface area contributed by atoms with Crippen molar-refractivity contribution in [1.29, 1.82) is 0 Å². The van der Waals surface area contributed by atoms with Gasteiger partial charge < -0.3 is 10.2 Å². The number of anilines is 1. The first-order chi connectivity index (χ1) is 10.9. The minimum absolute atomic E-state index is 0.00234. The van der Waals surface area contributed by atoms with E-state index in [9.17, 15) is 18.0 Å². The number of amides is 1. The van der Waals surface area contributed by atoms with Crippen molar-refractivity contribution in [2.24, 2.45) is 0 Å². The summed E-state index contributed by atoms with van der Waals surface area (Å²) in [5.74, 6) is 0.148. The maximum absolute atomic E-state index is 12.8. The number of fused-ring (bicyclic) bond motifs is 1. The number of alkyl halides is 3. The van der Waals surface area contributed by atoms with Crippen molar-refractivity contribution in [3.05, 3.63) is 30.1 Å². The Morgan fingerprint density at radius 2 is 1.96 bits per heavy atom. The van der Waals surface area contributed by atoms with Gasteiger partial charge in [-0.15, -0.1) is 0 Å². The van der Waals surface area contributed by atoms with Gasteiger partial charge in [-0.3, -0.25) is 4.79 Å². The minimum atomic E-state index is -4.44. The fourth-order valence-electron chi connectivity index (χ4n) is 2.61. The molecule has 0 spiro atoms. The van der Waals surface area contributed by atoms with E-state index >= 15 is 0 Å². The zero-order chi connectivity index (χ0) is 16.4. The molecule has 0 atom stereocenters. The van der Waals surface area contributed by atoms with E-state index in [1.54, 1.807) is 4.90 Å². The molecule has 5 nitrogen and oxygen atoms in total. The molecule has 3 rings (SSSR count). The Kier molecular flexibility index (Phi) is 4.06. The fourth-order valence-corrected chi connectivity index (χ4v) is 2.61. The van der Waals surface area contributed by atoms with Crippen LogP contribution in [0.1, 0.15) is 18.4 Å². The number of aromatic nitrogens is 2. The number of likely N-dealkylation sites (tertiary alicyclic amines) is 1. The second-order valence-corrected chi connectivity index (χ2v) is 5.39. The minimum Gasteiger partial charge on any atom is -0.360 e. The molecule has 1 fully saturated rings. The molecule has 1 aliphatic heterocycles. The summed E-state index contributed by atoms with van der Waals surface area (Å²) in [6, 6.07) is 3.28. The lowest BCUT2D eigenvalue weighted by molar-refractivity contribution is -0.137. The lowest BCUT2D eigenvalue weighted by Gasteiger charge is -2.16. The number of rotatable bonds is 3. The Balaban J connectivity index is 1.83. The molecule has 1 N–H and O–H groups in total. The average molecular weight is 324 g/mol. The highest BCUT2D eigenvalue weighted by Crippen LogP contribution is 2.32. The van der Waals surface area contributed by atoms with Crippen LogP contribution in [-0.2, 0) is 11.0 Å². The van der Waals surface area contributed by atoms with Gasteiger partial charge in [-0.2, -0.15) is 13.2 Å². The van der Waals surface area contributed by atoms with E-state index in [1.807, 2.05) is 0 Å². The maximum Gasteiger partial charge on any atom is 0.416 e. The summed E-state index contributed by atoms with van der Waals surface area (Å²) in [5, 5.41) is 3.08. The van der Waals surface area contributed by atoms with E-state index in [0.29, 0.717) is 5.52 Å². The van der Waals surface area contributed by atoms with E-state index in [1.165, 1.54) is 12.4 Å². The smallest absolute Gasteiger partial charge is 0.360 e. The summed E-state index contributed by atoms with van der Waals surface area (Å²) in [6.07, 6.45) is -1.21. The van der Waals surface area contributed by atoms with Crippen LogP contribution in [-0.4, -0.2) is 40.4 Å². The molecule has 1 aromatic carbocycles. The van der Waals surface area contributed by atoms with E-state index in [4.69, 9.17) is 0 Å². The summed E-state index contributed by atoms with van der Waals surface area (Å²) in [7, 11) is 0. The summed E-state index contributed by atoms with van der Waals surface area (Å²) < 4.78 is 38.5. The van der Waals surface area contributed by atoms with Crippen molar-refractivity contribution in [3.8, 4) is 0 Å². The number of hydrogen-bond acceptors (Lipinski definition) is 4. The first kappa shape index (κ1) is 15.5. The van der Waals surface area contributed by atoms with Gasteiger partial charge in [0.15, 0.2) is 0 Å². The van der Waals surface area contributed by atoms with Gasteiger partial charge in [-0.25, -0.2) is 9.97 Å². The summed E-state index contributed by atoms with van der Waals surface area (Å²) in [4.78, 5) is 21.7. The molecule has 8 heteroatoms. The van der Waals surface area contributed by atoms with Gasteiger partial charge in [-0.05, 0) is 31.0 Å². The Hall–Kier alpha value is -2.38. The van der Waals surface area contributed by atoms with Crippen LogP contribution in [0.15, 0.2) is 24.5 Å². The molecular formula is C15H15F3N4O. The van der Waals surface area contributed by atoms with Crippen molar-refractivity contribution in [1.82, 2.24) is 14.9 Å². The van der Waals surface area contributed by atoms with Crippen molar-refractivity contribution in [2.75, 3.05) is 25.0 Å². The van der Waals surface area contributed by atoms with Gasteiger partial charge in [0.05, 0.1) is 17.6 Å². The Labute approximate surface area is 130 Å². The molecule has 0 saturated carbocycles. The van der Waals surface area contributed by atoms with Crippen LogP contribution >= 0.6 is 0 Å². The van der Waals surface area contributed by atoms with Crippen LogP contribution in [0.3, 0.4) is 0 Å². The van der Waals surface area contributed by atoms with E-state index in [-0.39, 0.29) is 23.7 Å². The Bertz CT molecular complexity index is 726. The third-order valence-electron chi connectivity index (χ3n) is 3.83. The van der Waals surface area contributed by atoms with Crippen LogP contribution in [0.25, 0.3) is 10.9 Å². The van der Waals surface area contributed by atoms with Crippen LogP contribution in [0.4, 0.5) is 19.0 Å². The fraction of sp³-hybridized carbons (Fsp3) is 0.400. The second kappa shape index (κ2) is 6.02. The number of benzene rings is 1. The number of nitrogens with zero attached hydrogens (tertiary/aromatic N) is 3. The van der Waals surface area contributed by atoms with E-state index < -0.39 is 11.7 Å². The van der Waals surface area contributed by atoms with Crippen LogP contribution in [0.5, 0.6) is 0 Å². The number of carbonyl (C=O) groups is 1. The largest absolute Gasteiger partial charge is 0.416 e. The number of hydrogen-bond donors (Lipinski definition) is 1. The molecule has 0 radical (unpaired) electrons. The summed E-state index contributed by atoms with van der Waals surface area (Å²) in [6.45, 7) is 1.45. The molecule has 2 aromatic rings. The van der Waals surface area contributed by atoms with Crippen molar-refractivity contribution >= 4 is 22.6 Å². The zero-order valence-electron chi connectivity index (χ0n) is 12.2. The first-order valence-electron chi connectivity index (χ1n) is 7.29. The van der Waals surface area contributed by atoms with Gasteiger partial charge >= 0.3 is 6.18 Å². The number of halogens is 3.